The molecule has 1 aliphatic heterocycles. The van der Waals surface area contributed by atoms with E-state index in [1.54, 1.807) is 29.4 Å². The first-order valence-electron chi connectivity index (χ1n) is 7.79. The number of pyridine rings is 1. The van der Waals surface area contributed by atoms with E-state index in [0.717, 1.165) is 0 Å². The van der Waals surface area contributed by atoms with Crippen molar-refractivity contribution in [2.45, 2.75) is 26.8 Å². The molecule has 1 saturated heterocycles. The van der Waals surface area contributed by atoms with Gasteiger partial charge in [0.15, 0.2) is 0 Å². The number of carbonyl (C=O) groups excluding carboxylic acids is 2. The molecule has 6 heteroatoms. The molecule has 120 valence electrons. The summed E-state index contributed by atoms with van der Waals surface area (Å²) in [5.41, 5.74) is 0.646. The van der Waals surface area contributed by atoms with Gasteiger partial charge in [0.25, 0.3) is 5.91 Å². The summed E-state index contributed by atoms with van der Waals surface area (Å²) in [7, 11) is 0. The van der Waals surface area contributed by atoms with Crippen LogP contribution in [0.15, 0.2) is 24.5 Å². The summed E-state index contributed by atoms with van der Waals surface area (Å²) >= 11 is 0. The molecule has 0 saturated carbocycles. The zero-order valence-electron chi connectivity index (χ0n) is 13.5. The first-order valence-corrected chi connectivity index (χ1v) is 7.79. The Labute approximate surface area is 131 Å². The fourth-order valence-corrected chi connectivity index (χ4v) is 2.68. The second-order valence-corrected chi connectivity index (χ2v) is 5.68. The molecule has 6 nitrogen and oxygen atoms in total. The van der Waals surface area contributed by atoms with Crippen molar-refractivity contribution in [3.63, 3.8) is 0 Å². The Morgan fingerprint density at radius 1 is 1.14 bits per heavy atom. The van der Waals surface area contributed by atoms with Crippen LogP contribution >= 0.6 is 0 Å². The third-order valence-electron chi connectivity index (χ3n) is 3.97. The summed E-state index contributed by atoms with van der Waals surface area (Å²) in [6.07, 6.45) is 3.24. The predicted octanol–water partition coefficient (Wildman–Crippen LogP) is 1.69. The Morgan fingerprint density at radius 2 is 1.68 bits per heavy atom. The normalized spacial score (nSPS) is 15.1. The molecule has 1 aromatic heterocycles. The van der Waals surface area contributed by atoms with Gasteiger partial charge in [0.2, 0.25) is 0 Å². The highest BCUT2D eigenvalue weighted by atomic mass is 16.2. The number of nitrogens with zero attached hydrogens (tertiary/aromatic N) is 4. The number of rotatable bonds is 3. The second-order valence-electron chi connectivity index (χ2n) is 5.68. The summed E-state index contributed by atoms with van der Waals surface area (Å²) < 4.78 is 0. The fraction of sp³-hybridized carbons (Fsp3) is 0.562. The first-order chi connectivity index (χ1) is 10.5. The molecule has 0 atom stereocenters. The average molecular weight is 304 g/mol. The molecular formula is C16H24N4O2. The van der Waals surface area contributed by atoms with Crippen molar-refractivity contribution in [2.24, 2.45) is 0 Å². The second kappa shape index (κ2) is 7.24. The number of hydrogen-bond acceptors (Lipinski definition) is 3. The molecule has 1 fully saturated rings. The molecule has 0 N–H and O–H groups in total. The predicted molar refractivity (Wildman–Crippen MR) is 84.6 cm³/mol. The van der Waals surface area contributed by atoms with Crippen molar-refractivity contribution in [3.05, 3.63) is 30.1 Å². The fourth-order valence-electron chi connectivity index (χ4n) is 2.68. The Kier molecular flexibility index (Phi) is 5.35. The summed E-state index contributed by atoms with van der Waals surface area (Å²) in [4.78, 5) is 34.2. The van der Waals surface area contributed by atoms with Crippen LogP contribution in [0.5, 0.6) is 0 Å². The minimum atomic E-state index is 0.00528. The quantitative estimate of drug-likeness (QED) is 0.854. The number of aromatic nitrogens is 1. The molecule has 0 radical (unpaired) electrons. The molecular weight excluding hydrogens is 280 g/mol. The van der Waals surface area contributed by atoms with Crippen LogP contribution in [0.2, 0.25) is 0 Å². The van der Waals surface area contributed by atoms with Crippen LogP contribution in [0.4, 0.5) is 4.79 Å². The van der Waals surface area contributed by atoms with Gasteiger partial charge in [-0.25, -0.2) is 4.79 Å². The Morgan fingerprint density at radius 3 is 2.18 bits per heavy atom. The van der Waals surface area contributed by atoms with E-state index in [1.807, 2.05) is 30.6 Å². The molecule has 0 spiro atoms. The monoisotopic (exact) mass is 304 g/mol. The van der Waals surface area contributed by atoms with Gasteiger partial charge < -0.3 is 14.7 Å². The third kappa shape index (κ3) is 3.55. The van der Waals surface area contributed by atoms with Crippen LogP contribution < -0.4 is 0 Å². The lowest BCUT2D eigenvalue weighted by Gasteiger charge is -2.38. The SMILES string of the molecule is CCN(C(=O)N1CCN(C(=O)c2ccncc2)CC1)C(C)C. The molecule has 22 heavy (non-hydrogen) atoms. The van der Waals surface area contributed by atoms with Gasteiger partial charge in [-0.05, 0) is 32.9 Å². The van der Waals surface area contributed by atoms with Crippen LogP contribution in [-0.2, 0) is 0 Å². The van der Waals surface area contributed by atoms with Crippen molar-refractivity contribution in [1.82, 2.24) is 19.7 Å². The average Bonchev–Trinajstić information content (AvgIpc) is 2.55. The van der Waals surface area contributed by atoms with Crippen LogP contribution in [-0.4, -0.2) is 70.4 Å². The van der Waals surface area contributed by atoms with E-state index in [0.29, 0.717) is 38.3 Å². The van der Waals surface area contributed by atoms with E-state index in [1.165, 1.54) is 0 Å². The molecule has 0 aromatic carbocycles. The smallest absolute Gasteiger partial charge is 0.320 e. The van der Waals surface area contributed by atoms with E-state index in [4.69, 9.17) is 0 Å². The lowest BCUT2D eigenvalue weighted by molar-refractivity contribution is 0.0630. The molecule has 2 heterocycles. The zero-order chi connectivity index (χ0) is 16.1. The minimum Gasteiger partial charge on any atom is -0.335 e. The van der Waals surface area contributed by atoms with Gasteiger partial charge in [-0.15, -0.1) is 0 Å². The summed E-state index contributed by atoms with van der Waals surface area (Å²) in [5, 5.41) is 0. The molecule has 0 bridgehead atoms. The Hall–Kier alpha value is -2.11. The lowest BCUT2D eigenvalue weighted by Crippen LogP contribution is -2.55. The van der Waals surface area contributed by atoms with Gasteiger partial charge in [0.05, 0.1) is 0 Å². The van der Waals surface area contributed by atoms with Gasteiger partial charge in [-0.2, -0.15) is 0 Å². The molecule has 2 rings (SSSR count). The number of hydrogen-bond donors (Lipinski definition) is 0. The van der Waals surface area contributed by atoms with Gasteiger partial charge >= 0.3 is 6.03 Å². The van der Waals surface area contributed by atoms with E-state index >= 15 is 0 Å². The van der Waals surface area contributed by atoms with Crippen LogP contribution in [0.3, 0.4) is 0 Å². The van der Waals surface area contributed by atoms with E-state index in [-0.39, 0.29) is 18.0 Å². The standard InChI is InChI=1S/C16H24N4O2/c1-4-20(13(2)3)16(22)19-11-9-18(10-12-19)15(21)14-5-7-17-8-6-14/h5-8,13H,4,9-12H2,1-3H3. The van der Waals surface area contributed by atoms with Gasteiger partial charge in [0.1, 0.15) is 0 Å². The summed E-state index contributed by atoms with van der Waals surface area (Å²) in [5.74, 6) is 0.00528. The number of urea groups is 1. The molecule has 0 unspecified atom stereocenters. The minimum absolute atomic E-state index is 0.00528. The van der Waals surface area contributed by atoms with Crippen LogP contribution in [0.25, 0.3) is 0 Å². The van der Waals surface area contributed by atoms with Crippen molar-refractivity contribution < 1.29 is 9.59 Å². The van der Waals surface area contributed by atoms with Crippen molar-refractivity contribution >= 4 is 11.9 Å². The molecule has 1 aromatic rings. The molecule has 1 aliphatic rings. The van der Waals surface area contributed by atoms with E-state index < -0.39 is 0 Å². The molecule has 3 amide bonds. The van der Waals surface area contributed by atoms with Crippen LogP contribution in [0, 0.1) is 0 Å². The number of piperazine rings is 1. The van der Waals surface area contributed by atoms with Crippen molar-refractivity contribution in [2.75, 3.05) is 32.7 Å². The Bertz CT molecular complexity index is 510. The molecule has 0 aliphatic carbocycles. The maximum absolute atomic E-state index is 12.5. The highest BCUT2D eigenvalue weighted by molar-refractivity contribution is 5.94. The largest absolute Gasteiger partial charge is 0.335 e. The van der Waals surface area contributed by atoms with E-state index in [2.05, 4.69) is 4.98 Å². The van der Waals surface area contributed by atoms with Crippen molar-refractivity contribution in [1.29, 1.82) is 0 Å². The first kappa shape index (κ1) is 16.3. The van der Waals surface area contributed by atoms with Gasteiger partial charge in [0, 0.05) is 56.7 Å². The third-order valence-corrected chi connectivity index (χ3v) is 3.97. The highest BCUT2D eigenvalue weighted by Gasteiger charge is 2.27. The Balaban J connectivity index is 1.93. The van der Waals surface area contributed by atoms with Crippen LogP contribution in [0.1, 0.15) is 31.1 Å². The summed E-state index contributed by atoms with van der Waals surface area (Å²) in [6.45, 7) is 9.03. The van der Waals surface area contributed by atoms with Crippen molar-refractivity contribution in [3.8, 4) is 0 Å². The summed E-state index contributed by atoms with van der Waals surface area (Å²) in [6, 6.07) is 3.69. The topological polar surface area (TPSA) is 56.8 Å². The number of amides is 3. The highest BCUT2D eigenvalue weighted by Crippen LogP contribution is 2.11. The zero-order valence-corrected chi connectivity index (χ0v) is 13.5. The van der Waals surface area contributed by atoms with Gasteiger partial charge in [-0.3, -0.25) is 9.78 Å². The maximum atomic E-state index is 12.5. The maximum Gasteiger partial charge on any atom is 0.320 e. The lowest BCUT2D eigenvalue weighted by atomic mass is 10.2. The van der Waals surface area contributed by atoms with E-state index in [9.17, 15) is 9.59 Å². The van der Waals surface area contributed by atoms with Gasteiger partial charge in [-0.1, -0.05) is 0 Å². The number of carbonyl (C=O) groups is 2.